The maximum absolute atomic E-state index is 13.0. The lowest BCUT2D eigenvalue weighted by atomic mass is 9.78. The summed E-state index contributed by atoms with van der Waals surface area (Å²) in [6.45, 7) is 0. The highest BCUT2D eigenvalue weighted by Gasteiger charge is 2.34. The van der Waals surface area contributed by atoms with Crippen LogP contribution in [0.4, 0.5) is 4.39 Å². The van der Waals surface area contributed by atoms with Crippen molar-refractivity contribution in [1.82, 2.24) is 10.3 Å². The molecule has 2 rings (SSSR count). The summed E-state index contributed by atoms with van der Waals surface area (Å²) in [7, 11) is 1.93. The molecule has 0 aromatic carbocycles. The van der Waals surface area contributed by atoms with Crippen molar-refractivity contribution in [3.63, 3.8) is 0 Å². The van der Waals surface area contributed by atoms with Crippen molar-refractivity contribution in [1.29, 1.82) is 0 Å². The third kappa shape index (κ3) is 2.23. The van der Waals surface area contributed by atoms with E-state index >= 15 is 0 Å². The van der Waals surface area contributed by atoms with E-state index in [-0.39, 0.29) is 5.82 Å². The van der Waals surface area contributed by atoms with Crippen molar-refractivity contribution < 1.29 is 9.50 Å². The molecule has 0 amide bonds. The van der Waals surface area contributed by atoms with Crippen LogP contribution in [-0.2, 0) is 5.60 Å². The Hall–Kier alpha value is -1.00. The highest BCUT2D eigenvalue weighted by atomic mass is 19.1. The van der Waals surface area contributed by atoms with Crippen LogP contribution in [0.3, 0.4) is 0 Å². The average molecular weight is 224 g/mol. The highest BCUT2D eigenvalue weighted by Crippen LogP contribution is 2.36. The molecule has 16 heavy (non-hydrogen) atoms. The van der Waals surface area contributed by atoms with Crippen molar-refractivity contribution in [3.05, 3.63) is 29.8 Å². The molecule has 0 aliphatic heterocycles. The Morgan fingerprint density at radius 3 is 2.69 bits per heavy atom. The summed E-state index contributed by atoms with van der Waals surface area (Å²) in [6, 6.07) is 1.84. The number of pyridine rings is 1. The third-order valence-corrected chi connectivity index (χ3v) is 3.46. The molecule has 0 spiro atoms. The SMILES string of the molecule is CNC1CCC(O)(c2cncc(F)c2)CC1. The fourth-order valence-corrected chi connectivity index (χ4v) is 2.34. The normalized spacial score (nSPS) is 30.3. The average Bonchev–Trinajstić information content (AvgIpc) is 2.30. The van der Waals surface area contributed by atoms with E-state index in [2.05, 4.69) is 10.3 Å². The van der Waals surface area contributed by atoms with Gasteiger partial charge in [-0.2, -0.15) is 0 Å². The second kappa shape index (κ2) is 4.47. The Morgan fingerprint density at radius 2 is 2.12 bits per heavy atom. The summed E-state index contributed by atoms with van der Waals surface area (Å²) < 4.78 is 13.0. The first kappa shape index (κ1) is 11.5. The molecule has 88 valence electrons. The van der Waals surface area contributed by atoms with Gasteiger partial charge in [0.25, 0.3) is 0 Å². The van der Waals surface area contributed by atoms with E-state index in [1.54, 1.807) is 6.20 Å². The molecule has 1 aliphatic carbocycles. The minimum absolute atomic E-state index is 0.387. The van der Waals surface area contributed by atoms with Gasteiger partial charge in [0.15, 0.2) is 0 Å². The van der Waals surface area contributed by atoms with E-state index in [4.69, 9.17) is 0 Å². The van der Waals surface area contributed by atoms with Crippen molar-refractivity contribution in [2.24, 2.45) is 0 Å². The van der Waals surface area contributed by atoms with Crippen LogP contribution in [0, 0.1) is 5.82 Å². The molecule has 0 atom stereocenters. The minimum atomic E-state index is -0.900. The minimum Gasteiger partial charge on any atom is -0.385 e. The third-order valence-electron chi connectivity index (χ3n) is 3.46. The Bertz CT molecular complexity index is 362. The zero-order chi connectivity index (χ0) is 11.6. The number of rotatable bonds is 2. The van der Waals surface area contributed by atoms with E-state index in [9.17, 15) is 9.50 Å². The standard InChI is InChI=1S/C12H17FN2O/c1-14-11-2-4-12(16,5-3-11)9-6-10(13)8-15-7-9/h6-8,11,14,16H,2-5H2,1H3. The van der Waals surface area contributed by atoms with E-state index in [0.717, 1.165) is 19.0 Å². The quantitative estimate of drug-likeness (QED) is 0.801. The summed E-state index contributed by atoms with van der Waals surface area (Å²) in [5.74, 6) is -0.387. The van der Waals surface area contributed by atoms with Gasteiger partial charge < -0.3 is 10.4 Å². The monoisotopic (exact) mass is 224 g/mol. The van der Waals surface area contributed by atoms with E-state index in [1.807, 2.05) is 7.05 Å². The van der Waals surface area contributed by atoms with Crippen molar-refractivity contribution >= 4 is 0 Å². The number of halogens is 1. The van der Waals surface area contributed by atoms with Gasteiger partial charge in [0, 0.05) is 17.8 Å². The second-order valence-electron chi connectivity index (χ2n) is 4.49. The lowest BCUT2D eigenvalue weighted by Gasteiger charge is -2.36. The van der Waals surface area contributed by atoms with Crippen LogP contribution in [0.25, 0.3) is 0 Å². The predicted octanol–water partition coefficient (Wildman–Crippen LogP) is 1.57. The fourth-order valence-electron chi connectivity index (χ4n) is 2.34. The number of aliphatic hydroxyl groups is 1. The van der Waals surface area contributed by atoms with Crippen LogP contribution in [0.1, 0.15) is 31.2 Å². The van der Waals surface area contributed by atoms with Gasteiger partial charge >= 0.3 is 0 Å². The Morgan fingerprint density at radius 1 is 1.44 bits per heavy atom. The van der Waals surface area contributed by atoms with Gasteiger partial charge in [-0.1, -0.05) is 0 Å². The molecule has 0 unspecified atom stereocenters. The molecule has 0 radical (unpaired) electrons. The summed E-state index contributed by atoms with van der Waals surface area (Å²) in [5.41, 5.74) is -0.301. The molecule has 1 aromatic rings. The molecule has 1 saturated carbocycles. The molecular formula is C12H17FN2O. The van der Waals surface area contributed by atoms with Crippen LogP contribution in [-0.4, -0.2) is 23.2 Å². The Kier molecular flexibility index (Phi) is 3.21. The lowest BCUT2D eigenvalue weighted by molar-refractivity contribution is -0.00818. The summed E-state index contributed by atoms with van der Waals surface area (Å²) >= 11 is 0. The molecular weight excluding hydrogens is 207 g/mol. The molecule has 1 fully saturated rings. The van der Waals surface area contributed by atoms with E-state index < -0.39 is 5.60 Å². The van der Waals surface area contributed by atoms with E-state index in [1.165, 1.54) is 6.07 Å². The van der Waals surface area contributed by atoms with Crippen molar-refractivity contribution in [3.8, 4) is 0 Å². The van der Waals surface area contributed by atoms with Gasteiger partial charge in [-0.25, -0.2) is 4.39 Å². The number of nitrogens with zero attached hydrogens (tertiary/aromatic N) is 1. The maximum atomic E-state index is 13.0. The van der Waals surface area contributed by atoms with Gasteiger partial charge in [0.05, 0.1) is 11.8 Å². The summed E-state index contributed by atoms with van der Waals surface area (Å²) in [5, 5.41) is 13.6. The van der Waals surface area contributed by atoms with Crippen molar-refractivity contribution in [2.75, 3.05) is 7.05 Å². The van der Waals surface area contributed by atoms with Crippen LogP contribution in [0.2, 0.25) is 0 Å². The molecule has 0 bridgehead atoms. The number of hydrogen-bond acceptors (Lipinski definition) is 3. The first-order valence-electron chi connectivity index (χ1n) is 5.65. The van der Waals surface area contributed by atoms with Crippen LogP contribution in [0.15, 0.2) is 18.5 Å². The second-order valence-corrected chi connectivity index (χ2v) is 4.49. The molecule has 3 nitrogen and oxygen atoms in total. The molecule has 4 heteroatoms. The van der Waals surface area contributed by atoms with Gasteiger partial charge in [0.1, 0.15) is 5.82 Å². The number of hydrogen-bond donors (Lipinski definition) is 2. The van der Waals surface area contributed by atoms with Gasteiger partial charge in [-0.15, -0.1) is 0 Å². The maximum Gasteiger partial charge on any atom is 0.141 e. The number of aromatic nitrogens is 1. The van der Waals surface area contributed by atoms with Gasteiger partial charge in [-0.05, 0) is 38.8 Å². The van der Waals surface area contributed by atoms with Crippen LogP contribution < -0.4 is 5.32 Å². The zero-order valence-electron chi connectivity index (χ0n) is 9.41. The van der Waals surface area contributed by atoms with E-state index in [0.29, 0.717) is 24.4 Å². The highest BCUT2D eigenvalue weighted by molar-refractivity contribution is 5.19. The smallest absolute Gasteiger partial charge is 0.141 e. The summed E-state index contributed by atoms with van der Waals surface area (Å²) in [4.78, 5) is 3.79. The Balaban J connectivity index is 2.15. The first-order chi connectivity index (χ1) is 7.64. The molecule has 2 N–H and O–H groups in total. The van der Waals surface area contributed by atoms with Gasteiger partial charge in [0.2, 0.25) is 0 Å². The van der Waals surface area contributed by atoms with Crippen LogP contribution >= 0.6 is 0 Å². The van der Waals surface area contributed by atoms with Crippen LogP contribution in [0.5, 0.6) is 0 Å². The topological polar surface area (TPSA) is 45.1 Å². The summed E-state index contributed by atoms with van der Waals surface area (Å²) in [6.07, 6.45) is 5.84. The number of nitrogens with one attached hydrogen (secondary N) is 1. The van der Waals surface area contributed by atoms with Gasteiger partial charge in [-0.3, -0.25) is 4.98 Å². The first-order valence-corrected chi connectivity index (χ1v) is 5.65. The lowest BCUT2D eigenvalue weighted by Crippen LogP contribution is -2.38. The Labute approximate surface area is 94.7 Å². The molecule has 1 heterocycles. The predicted molar refractivity (Wildman–Crippen MR) is 59.4 cm³/mol. The zero-order valence-corrected chi connectivity index (χ0v) is 9.41. The largest absolute Gasteiger partial charge is 0.385 e. The van der Waals surface area contributed by atoms with Crippen molar-refractivity contribution in [2.45, 2.75) is 37.3 Å². The molecule has 0 saturated heterocycles. The fraction of sp³-hybridized carbons (Fsp3) is 0.583. The molecule has 1 aromatic heterocycles. The molecule has 1 aliphatic rings.